The second-order valence-electron chi connectivity index (χ2n) is 13.8. The maximum absolute atomic E-state index is 6.74. The van der Waals surface area contributed by atoms with Crippen LogP contribution in [0.4, 0.5) is 0 Å². The molecule has 0 aliphatic heterocycles. The Bertz CT molecular complexity index is 2420. The molecule has 1 aliphatic rings. The van der Waals surface area contributed by atoms with Gasteiger partial charge in [0, 0.05) is 22.8 Å². The van der Waals surface area contributed by atoms with E-state index in [9.17, 15) is 0 Å². The number of hydrogen-bond donors (Lipinski definition) is 0. The Morgan fingerprint density at radius 1 is 0.604 bits per heavy atom. The average Bonchev–Trinajstić information content (AvgIpc) is 3.81. The number of benzene rings is 6. The molecule has 0 N–H and O–H groups in total. The minimum Gasteiger partial charge on any atom is -0.457 e. The molecule has 0 bridgehead atoms. The summed E-state index contributed by atoms with van der Waals surface area (Å²) in [6.45, 7) is 6.72. The molecule has 0 saturated heterocycles. The molecule has 6 aromatic carbocycles. The first-order valence-corrected chi connectivity index (χ1v) is 16.6. The summed E-state index contributed by atoms with van der Waals surface area (Å²) in [7, 11) is 0. The molecule has 0 saturated carbocycles. The first-order valence-electron chi connectivity index (χ1n) is 16.6. The fourth-order valence-corrected chi connectivity index (χ4v) is 7.35. The van der Waals surface area contributed by atoms with Crippen LogP contribution in [-0.4, -0.2) is 14.1 Å². The third-order valence-corrected chi connectivity index (χ3v) is 9.70. The summed E-state index contributed by atoms with van der Waals surface area (Å²) in [5.74, 6) is 2.68. The van der Waals surface area contributed by atoms with E-state index in [1.54, 1.807) is 0 Å². The van der Waals surface area contributed by atoms with Gasteiger partial charge >= 0.3 is 0 Å². The van der Waals surface area contributed by atoms with Crippen molar-refractivity contribution in [3.05, 3.63) is 174 Å². The first-order chi connectivity index (χ1) is 23.4. The number of fused-ring (bicyclic) bond motifs is 6. The molecule has 0 radical (unpaired) electrons. The lowest BCUT2D eigenvalue weighted by atomic mass is 9.86. The lowest BCUT2D eigenvalue weighted by molar-refractivity contribution is 0.477. The molecule has 0 amide bonds. The van der Waals surface area contributed by atoms with Crippen LogP contribution in [0.3, 0.4) is 0 Å². The number of hydrogen-bond acceptors (Lipinski definition) is 2. The molecule has 1 unspecified atom stereocenters. The standard InChI is InChI=1S/C44H35N3O/c1-44(2,3)30-23-31(46-27-42(45-28-46)47-40-19-11-9-16-36(40)37-17-10-12-20-41(37)47)25-33(24-30)48-32-21-22-35-34-15-7-8-18-38(34)43(39(35)26-32)29-13-5-4-6-14-29/h4-28,43H,1-3H3. The summed E-state index contributed by atoms with van der Waals surface area (Å²) in [6.07, 6.45) is 4.02. The van der Waals surface area contributed by atoms with E-state index in [1.165, 1.54) is 44.2 Å². The molecule has 1 aliphatic carbocycles. The van der Waals surface area contributed by atoms with Crippen molar-refractivity contribution in [3.63, 3.8) is 0 Å². The summed E-state index contributed by atoms with van der Waals surface area (Å²) in [6, 6.07) is 49.7. The van der Waals surface area contributed by atoms with E-state index < -0.39 is 0 Å². The minimum absolute atomic E-state index is 0.0810. The molecule has 0 fully saturated rings. The molecule has 1 atom stereocenters. The maximum Gasteiger partial charge on any atom is 0.156 e. The SMILES string of the molecule is CC(C)(C)c1cc(Oc2ccc3c(c2)C(c2ccccc2)c2ccccc2-3)cc(-n2cnc(-n3c4ccccc4c4ccccc43)c2)c1. The molecule has 8 aromatic rings. The largest absolute Gasteiger partial charge is 0.457 e. The fourth-order valence-electron chi connectivity index (χ4n) is 7.35. The second kappa shape index (κ2) is 10.9. The summed E-state index contributed by atoms with van der Waals surface area (Å²) < 4.78 is 11.1. The van der Waals surface area contributed by atoms with E-state index in [2.05, 4.69) is 176 Å². The third-order valence-electron chi connectivity index (χ3n) is 9.70. The molecule has 2 aromatic heterocycles. The first kappa shape index (κ1) is 28.4. The Hall–Kier alpha value is -5.87. The Morgan fingerprint density at radius 2 is 1.27 bits per heavy atom. The summed E-state index contributed by atoms with van der Waals surface area (Å²) in [5.41, 5.74) is 10.9. The summed E-state index contributed by atoms with van der Waals surface area (Å²) >= 11 is 0. The van der Waals surface area contributed by atoms with Crippen LogP contribution in [0.1, 0.15) is 48.9 Å². The highest BCUT2D eigenvalue weighted by Crippen LogP contribution is 2.49. The second-order valence-corrected chi connectivity index (χ2v) is 13.8. The van der Waals surface area contributed by atoms with Crippen molar-refractivity contribution >= 4 is 21.8 Å². The van der Waals surface area contributed by atoms with Crippen molar-refractivity contribution in [1.82, 2.24) is 14.1 Å². The number of nitrogens with zero attached hydrogens (tertiary/aromatic N) is 3. The monoisotopic (exact) mass is 621 g/mol. The summed E-state index contributed by atoms with van der Waals surface area (Å²) in [5, 5.41) is 2.44. The highest BCUT2D eigenvalue weighted by Gasteiger charge is 2.30. The molecule has 48 heavy (non-hydrogen) atoms. The molecular formula is C44H35N3O. The van der Waals surface area contributed by atoms with Crippen molar-refractivity contribution in [2.45, 2.75) is 32.1 Å². The van der Waals surface area contributed by atoms with Gasteiger partial charge in [-0.3, -0.25) is 4.57 Å². The molecule has 0 spiro atoms. The number of aromatic nitrogens is 3. The van der Waals surface area contributed by atoms with Gasteiger partial charge in [-0.2, -0.15) is 0 Å². The highest BCUT2D eigenvalue weighted by molar-refractivity contribution is 6.09. The fraction of sp³-hybridized carbons (Fsp3) is 0.114. The number of para-hydroxylation sites is 2. The Kier molecular flexibility index (Phi) is 6.41. The topological polar surface area (TPSA) is 32.0 Å². The molecule has 9 rings (SSSR count). The molecular weight excluding hydrogens is 587 g/mol. The number of ether oxygens (including phenoxy) is 1. The van der Waals surface area contributed by atoms with Crippen molar-refractivity contribution < 1.29 is 4.74 Å². The predicted molar refractivity (Wildman–Crippen MR) is 196 cm³/mol. The zero-order chi connectivity index (χ0) is 32.4. The van der Waals surface area contributed by atoms with Gasteiger partial charge < -0.3 is 9.30 Å². The zero-order valence-electron chi connectivity index (χ0n) is 27.3. The van der Waals surface area contributed by atoms with Crippen molar-refractivity contribution in [1.29, 1.82) is 0 Å². The van der Waals surface area contributed by atoms with Crippen LogP contribution < -0.4 is 4.74 Å². The van der Waals surface area contributed by atoms with E-state index in [-0.39, 0.29) is 11.3 Å². The van der Waals surface area contributed by atoms with Crippen LogP contribution in [0.25, 0.3) is 44.4 Å². The number of rotatable bonds is 5. The van der Waals surface area contributed by atoms with Gasteiger partial charge in [-0.05, 0) is 75.2 Å². The van der Waals surface area contributed by atoms with E-state index >= 15 is 0 Å². The zero-order valence-corrected chi connectivity index (χ0v) is 27.3. The van der Waals surface area contributed by atoms with E-state index in [0.717, 1.165) is 34.0 Å². The van der Waals surface area contributed by atoms with E-state index in [0.29, 0.717) is 0 Å². The Labute approximate surface area is 280 Å². The lowest BCUT2D eigenvalue weighted by Gasteiger charge is -2.22. The Balaban J connectivity index is 1.12. The Morgan fingerprint density at radius 3 is 2.02 bits per heavy atom. The van der Waals surface area contributed by atoms with Crippen molar-refractivity contribution in [3.8, 4) is 34.1 Å². The van der Waals surface area contributed by atoms with Gasteiger partial charge in [-0.25, -0.2) is 4.98 Å². The van der Waals surface area contributed by atoms with Gasteiger partial charge in [0.15, 0.2) is 5.82 Å². The highest BCUT2D eigenvalue weighted by atomic mass is 16.5. The maximum atomic E-state index is 6.74. The molecule has 2 heterocycles. The van der Waals surface area contributed by atoms with E-state index in [1.807, 2.05) is 6.33 Å². The van der Waals surface area contributed by atoms with Gasteiger partial charge in [0.1, 0.15) is 17.8 Å². The van der Waals surface area contributed by atoms with Crippen LogP contribution >= 0.6 is 0 Å². The summed E-state index contributed by atoms with van der Waals surface area (Å²) in [4.78, 5) is 4.92. The average molecular weight is 622 g/mol. The lowest BCUT2D eigenvalue weighted by Crippen LogP contribution is -2.12. The van der Waals surface area contributed by atoms with Crippen LogP contribution in [0.15, 0.2) is 152 Å². The van der Waals surface area contributed by atoms with Crippen LogP contribution in [0, 0.1) is 0 Å². The quantitative estimate of drug-likeness (QED) is 0.191. The molecule has 232 valence electrons. The van der Waals surface area contributed by atoms with Gasteiger partial charge in [0.05, 0.1) is 22.9 Å². The minimum atomic E-state index is -0.0810. The van der Waals surface area contributed by atoms with Crippen LogP contribution in [0.5, 0.6) is 11.5 Å². The van der Waals surface area contributed by atoms with Crippen molar-refractivity contribution in [2.24, 2.45) is 0 Å². The van der Waals surface area contributed by atoms with E-state index in [4.69, 9.17) is 9.72 Å². The van der Waals surface area contributed by atoms with Gasteiger partial charge in [-0.15, -0.1) is 0 Å². The van der Waals surface area contributed by atoms with Gasteiger partial charge in [0.2, 0.25) is 0 Å². The van der Waals surface area contributed by atoms with Gasteiger partial charge in [-0.1, -0.05) is 118 Å². The molecule has 4 heteroatoms. The van der Waals surface area contributed by atoms with Gasteiger partial charge in [0.25, 0.3) is 0 Å². The third kappa shape index (κ3) is 4.64. The predicted octanol–water partition coefficient (Wildman–Crippen LogP) is 11.2. The van der Waals surface area contributed by atoms with Crippen LogP contribution in [-0.2, 0) is 5.41 Å². The van der Waals surface area contributed by atoms with Crippen molar-refractivity contribution in [2.75, 3.05) is 0 Å². The smallest absolute Gasteiger partial charge is 0.156 e. The number of imidazole rings is 1. The normalized spacial score (nSPS) is 13.9. The van der Waals surface area contributed by atoms with Crippen LogP contribution in [0.2, 0.25) is 0 Å². The molecule has 4 nitrogen and oxygen atoms in total.